The van der Waals surface area contributed by atoms with Gasteiger partial charge in [-0.05, 0) is 45.7 Å². The van der Waals surface area contributed by atoms with Crippen LogP contribution in [0.25, 0.3) is 0 Å². The minimum Gasteiger partial charge on any atom is -0.491 e. The van der Waals surface area contributed by atoms with Crippen LogP contribution in [-0.2, 0) is 6.42 Å². The number of hydrogen-bond donors (Lipinski definition) is 0. The molecule has 0 aliphatic carbocycles. The number of hydrogen-bond acceptors (Lipinski definition) is 2. The van der Waals surface area contributed by atoms with Gasteiger partial charge in [-0.1, -0.05) is 12.1 Å². The van der Waals surface area contributed by atoms with Crippen molar-refractivity contribution in [3.63, 3.8) is 0 Å². The van der Waals surface area contributed by atoms with Gasteiger partial charge in [-0.25, -0.2) is 0 Å². The summed E-state index contributed by atoms with van der Waals surface area (Å²) in [5, 5.41) is 0. The SMILES string of the molecule is C=CCc1ccc(N(CC)CC)cc1OC(C)C. The summed E-state index contributed by atoms with van der Waals surface area (Å²) in [6, 6.07) is 6.46. The molecule has 0 unspecified atom stereocenters. The fourth-order valence-electron chi connectivity index (χ4n) is 2.02. The molecule has 18 heavy (non-hydrogen) atoms. The van der Waals surface area contributed by atoms with Crippen molar-refractivity contribution in [1.29, 1.82) is 0 Å². The second-order valence-corrected chi connectivity index (χ2v) is 4.62. The normalized spacial score (nSPS) is 10.5. The molecule has 0 amide bonds. The summed E-state index contributed by atoms with van der Waals surface area (Å²) in [6.45, 7) is 14.3. The molecule has 1 aromatic carbocycles. The van der Waals surface area contributed by atoms with Gasteiger partial charge in [-0.15, -0.1) is 6.58 Å². The number of ether oxygens (including phenoxy) is 1. The molecule has 0 saturated carbocycles. The third-order valence-electron chi connectivity index (χ3n) is 2.91. The maximum absolute atomic E-state index is 5.90. The van der Waals surface area contributed by atoms with Crippen LogP contribution in [0.2, 0.25) is 0 Å². The number of benzene rings is 1. The van der Waals surface area contributed by atoms with Gasteiger partial charge in [0, 0.05) is 24.8 Å². The molecule has 0 bridgehead atoms. The number of anilines is 1. The van der Waals surface area contributed by atoms with E-state index >= 15 is 0 Å². The predicted molar refractivity (Wildman–Crippen MR) is 79.7 cm³/mol. The summed E-state index contributed by atoms with van der Waals surface area (Å²) in [6.07, 6.45) is 2.96. The Morgan fingerprint density at radius 2 is 1.94 bits per heavy atom. The molecular weight excluding hydrogens is 222 g/mol. The van der Waals surface area contributed by atoms with Crippen LogP contribution in [-0.4, -0.2) is 19.2 Å². The Morgan fingerprint density at radius 1 is 1.28 bits per heavy atom. The van der Waals surface area contributed by atoms with Crippen LogP contribution >= 0.6 is 0 Å². The first-order valence-corrected chi connectivity index (χ1v) is 6.77. The standard InChI is InChI=1S/C16H25NO/c1-6-9-14-10-11-15(17(7-2)8-3)12-16(14)18-13(4)5/h6,10-13H,1,7-9H2,2-5H3. The molecule has 2 heteroatoms. The molecule has 0 N–H and O–H groups in total. The van der Waals surface area contributed by atoms with E-state index in [0.29, 0.717) is 0 Å². The Kier molecular flexibility index (Phi) is 5.76. The van der Waals surface area contributed by atoms with Crippen molar-refractivity contribution in [2.45, 2.75) is 40.2 Å². The summed E-state index contributed by atoms with van der Waals surface area (Å²) in [5.41, 5.74) is 2.43. The summed E-state index contributed by atoms with van der Waals surface area (Å²) in [7, 11) is 0. The molecule has 2 nitrogen and oxygen atoms in total. The molecule has 0 spiro atoms. The van der Waals surface area contributed by atoms with E-state index in [2.05, 4.69) is 57.4 Å². The Hall–Kier alpha value is -1.44. The van der Waals surface area contributed by atoms with E-state index in [1.165, 1.54) is 11.3 Å². The fourth-order valence-corrected chi connectivity index (χ4v) is 2.02. The van der Waals surface area contributed by atoms with E-state index < -0.39 is 0 Å². The molecule has 0 saturated heterocycles. The van der Waals surface area contributed by atoms with Crippen LogP contribution in [0.3, 0.4) is 0 Å². The van der Waals surface area contributed by atoms with Gasteiger partial charge >= 0.3 is 0 Å². The number of allylic oxidation sites excluding steroid dienone is 1. The summed E-state index contributed by atoms with van der Waals surface area (Å²) >= 11 is 0. The summed E-state index contributed by atoms with van der Waals surface area (Å²) in [4.78, 5) is 2.32. The molecular formula is C16H25NO. The molecule has 0 aliphatic heterocycles. The average molecular weight is 247 g/mol. The highest BCUT2D eigenvalue weighted by atomic mass is 16.5. The zero-order valence-electron chi connectivity index (χ0n) is 12.1. The monoisotopic (exact) mass is 247 g/mol. The van der Waals surface area contributed by atoms with Crippen LogP contribution < -0.4 is 9.64 Å². The first-order chi connectivity index (χ1) is 8.62. The van der Waals surface area contributed by atoms with Gasteiger partial charge in [0.1, 0.15) is 5.75 Å². The molecule has 0 radical (unpaired) electrons. The van der Waals surface area contributed by atoms with Crippen molar-refractivity contribution in [1.82, 2.24) is 0 Å². The Bertz CT molecular complexity index is 381. The lowest BCUT2D eigenvalue weighted by Crippen LogP contribution is -2.22. The van der Waals surface area contributed by atoms with E-state index in [9.17, 15) is 0 Å². The van der Waals surface area contributed by atoms with Gasteiger partial charge in [0.15, 0.2) is 0 Å². The third kappa shape index (κ3) is 3.80. The second-order valence-electron chi connectivity index (χ2n) is 4.62. The molecule has 1 rings (SSSR count). The number of nitrogens with zero attached hydrogens (tertiary/aromatic N) is 1. The molecule has 0 aliphatic rings. The van der Waals surface area contributed by atoms with Gasteiger partial charge in [-0.3, -0.25) is 0 Å². The quantitative estimate of drug-likeness (QED) is 0.674. The lowest BCUT2D eigenvalue weighted by atomic mass is 10.1. The molecule has 0 aromatic heterocycles. The Balaban J connectivity index is 3.06. The van der Waals surface area contributed by atoms with Crippen LogP contribution in [0.4, 0.5) is 5.69 Å². The van der Waals surface area contributed by atoms with Crippen molar-refractivity contribution in [2.24, 2.45) is 0 Å². The Labute approximate surface area is 111 Å². The van der Waals surface area contributed by atoms with Crippen molar-refractivity contribution in [3.8, 4) is 5.75 Å². The molecule has 1 aromatic rings. The van der Waals surface area contributed by atoms with E-state index in [4.69, 9.17) is 4.74 Å². The van der Waals surface area contributed by atoms with Crippen molar-refractivity contribution < 1.29 is 4.74 Å². The van der Waals surface area contributed by atoms with Crippen molar-refractivity contribution in [3.05, 3.63) is 36.4 Å². The van der Waals surface area contributed by atoms with Crippen LogP contribution in [0.15, 0.2) is 30.9 Å². The largest absolute Gasteiger partial charge is 0.491 e. The van der Waals surface area contributed by atoms with Crippen LogP contribution in [0.5, 0.6) is 5.75 Å². The molecule has 0 heterocycles. The van der Waals surface area contributed by atoms with Gasteiger partial charge in [0.05, 0.1) is 6.10 Å². The maximum atomic E-state index is 5.90. The molecule has 100 valence electrons. The number of rotatable bonds is 7. The Morgan fingerprint density at radius 3 is 2.44 bits per heavy atom. The minimum atomic E-state index is 0.195. The smallest absolute Gasteiger partial charge is 0.125 e. The topological polar surface area (TPSA) is 12.5 Å². The zero-order chi connectivity index (χ0) is 13.5. The molecule has 0 fully saturated rings. The lowest BCUT2D eigenvalue weighted by Gasteiger charge is -2.23. The maximum Gasteiger partial charge on any atom is 0.125 e. The second kappa shape index (κ2) is 7.10. The first-order valence-electron chi connectivity index (χ1n) is 6.77. The first kappa shape index (κ1) is 14.6. The van der Waals surface area contributed by atoms with E-state index in [0.717, 1.165) is 25.3 Å². The van der Waals surface area contributed by atoms with Gasteiger partial charge in [-0.2, -0.15) is 0 Å². The predicted octanol–water partition coefficient (Wildman–Crippen LogP) is 4.05. The zero-order valence-corrected chi connectivity index (χ0v) is 12.1. The minimum absolute atomic E-state index is 0.195. The lowest BCUT2D eigenvalue weighted by molar-refractivity contribution is 0.240. The van der Waals surface area contributed by atoms with Gasteiger partial charge in [0.2, 0.25) is 0 Å². The molecule has 0 atom stereocenters. The van der Waals surface area contributed by atoms with E-state index in [1.807, 2.05) is 6.08 Å². The van der Waals surface area contributed by atoms with Crippen LogP contribution in [0.1, 0.15) is 33.3 Å². The van der Waals surface area contributed by atoms with E-state index in [-0.39, 0.29) is 6.10 Å². The summed E-state index contributed by atoms with van der Waals surface area (Å²) in [5.74, 6) is 0.981. The van der Waals surface area contributed by atoms with E-state index in [1.54, 1.807) is 0 Å². The highest BCUT2D eigenvalue weighted by Gasteiger charge is 2.09. The van der Waals surface area contributed by atoms with Crippen molar-refractivity contribution in [2.75, 3.05) is 18.0 Å². The highest BCUT2D eigenvalue weighted by Crippen LogP contribution is 2.27. The van der Waals surface area contributed by atoms with Crippen LogP contribution in [0, 0.1) is 0 Å². The average Bonchev–Trinajstić information content (AvgIpc) is 2.33. The van der Waals surface area contributed by atoms with Gasteiger partial charge in [0.25, 0.3) is 0 Å². The van der Waals surface area contributed by atoms with Crippen molar-refractivity contribution >= 4 is 5.69 Å². The highest BCUT2D eigenvalue weighted by molar-refractivity contribution is 5.54. The third-order valence-corrected chi connectivity index (χ3v) is 2.91. The van der Waals surface area contributed by atoms with Gasteiger partial charge < -0.3 is 9.64 Å². The summed E-state index contributed by atoms with van der Waals surface area (Å²) < 4.78 is 5.90. The fraction of sp³-hybridized carbons (Fsp3) is 0.500.